The fraction of sp³-hybridized carbons (Fsp3) is 1.00. The Morgan fingerprint density at radius 2 is 1.79 bits per heavy atom. The standard InChI is InChI=1S/C13H27N/c1-5-11(4)14-13-9-7-6-8-12(13)10(2)3/h10-14H,5-9H2,1-4H3. The predicted molar refractivity (Wildman–Crippen MR) is 63.5 cm³/mol. The first-order valence-corrected chi connectivity index (χ1v) is 6.41. The van der Waals surface area contributed by atoms with Crippen molar-refractivity contribution < 1.29 is 0 Å². The Kier molecular flexibility index (Phi) is 4.94. The normalized spacial score (nSPS) is 30.6. The van der Waals surface area contributed by atoms with Crippen LogP contribution in [0, 0.1) is 11.8 Å². The molecule has 84 valence electrons. The van der Waals surface area contributed by atoms with Crippen molar-refractivity contribution in [2.24, 2.45) is 11.8 Å². The molecule has 0 heterocycles. The van der Waals surface area contributed by atoms with Gasteiger partial charge in [-0.25, -0.2) is 0 Å². The molecule has 1 aliphatic rings. The van der Waals surface area contributed by atoms with Crippen molar-refractivity contribution >= 4 is 0 Å². The first kappa shape index (κ1) is 12.0. The number of rotatable bonds is 4. The molecule has 0 aromatic heterocycles. The Hall–Kier alpha value is -0.0400. The monoisotopic (exact) mass is 197 g/mol. The summed E-state index contributed by atoms with van der Waals surface area (Å²) in [5, 5.41) is 3.80. The summed E-state index contributed by atoms with van der Waals surface area (Å²) >= 11 is 0. The Bertz CT molecular complexity index is 153. The van der Waals surface area contributed by atoms with Crippen LogP contribution < -0.4 is 5.32 Å². The summed E-state index contributed by atoms with van der Waals surface area (Å²) in [5.74, 6) is 1.76. The van der Waals surface area contributed by atoms with E-state index in [2.05, 4.69) is 33.0 Å². The minimum Gasteiger partial charge on any atom is -0.311 e. The lowest BCUT2D eigenvalue weighted by Gasteiger charge is -2.36. The van der Waals surface area contributed by atoms with Crippen molar-refractivity contribution in [3.05, 3.63) is 0 Å². The SMILES string of the molecule is CCC(C)NC1CCCCC1C(C)C. The van der Waals surface area contributed by atoms with Crippen molar-refractivity contribution in [3.63, 3.8) is 0 Å². The molecule has 1 heteroatoms. The fourth-order valence-electron chi connectivity index (χ4n) is 2.65. The number of nitrogens with one attached hydrogen (secondary N) is 1. The van der Waals surface area contributed by atoms with Crippen molar-refractivity contribution in [2.75, 3.05) is 0 Å². The van der Waals surface area contributed by atoms with Crippen LogP contribution in [0.4, 0.5) is 0 Å². The molecule has 0 bridgehead atoms. The lowest BCUT2D eigenvalue weighted by Crippen LogP contribution is -2.44. The Balaban J connectivity index is 2.45. The molecule has 1 fully saturated rings. The van der Waals surface area contributed by atoms with Gasteiger partial charge < -0.3 is 5.32 Å². The second-order valence-electron chi connectivity index (χ2n) is 5.27. The van der Waals surface area contributed by atoms with E-state index in [0.717, 1.165) is 17.9 Å². The summed E-state index contributed by atoms with van der Waals surface area (Å²) in [7, 11) is 0. The minimum atomic E-state index is 0.694. The van der Waals surface area contributed by atoms with Gasteiger partial charge in [0.2, 0.25) is 0 Å². The van der Waals surface area contributed by atoms with Crippen LogP contribution in [-0.4, -0.2) is 12.1 Å². The van der Waals surface area contributed by atoms with Crippen LogP contribution in [-0.2, 0) is 0 Å². The van der Waals surface area contributed by atoms with Crippen LogP contribution >= 0.6 is 0 Å². The molecule has 14 heavy (non-hydrogen) atoms. The minimum absolute atomic E-state index is 0.694. The molecule has 1 rings (SSSR count). The van der Waals surface area contributed by atoms with Gasteiger partial charge in [-0.15, -0.1) is 0 Å². The largest absolute Gasteiger partial charge is 0.311 e. The highest BCUT2D eigenvalue weighted by molar-refractivity contribution is 4.84. The van der Waals surface area contributed by atoms with Gasteiger partial charge >= 0.3 is 0 Å². The second kappa shape index (κ2) is 5.75. The summed E-state index contributed by atoms with van der Waals surface area (Å²) in [6, 6.07) is 1.48. The van der Waals surface area contributed by atoms with Crippen molar-refractivity contribution in [2.45, 2.75) is 71.9 Å². The highest BCUT2D eigenvalue weighted by atomic mass is 15.0. The molecule has 0 aromatic carbocycles. The molecule has 0 saturated heterocycles. The Morgan fingerprint density at radius 1 is 1.14 bits per heavy atom. The molecule has 0 aliphatic heterocycles. The van der Waals surface area contributed by atoms with Gasteiger partial charge in [0.25, 0.3) is 0 Å². The molecule has 1 nitrogen and oxygen atoms in total. The zero-order valence-corrected chi connectivity index (χ0v) is 10.3. The average Bonchev–Trinajstić information content (AvgIpc) is 2.18. The van der Waals surface area contributed by atoms with Crippen LogP contribution in [0.15, 0.2) is 0 Å². The quantitative estimate of drug-likeness (QED) is 0.726. The third-order valence-electron chi connectivity index (χ3n) is 3.79. The molecule has 1 N–H and O–H groups in total. The van der Waals surface area contributed by atoms with Gasteiger partial charge in [-0.05, 0) is 38.0 Å². The molecule has 0 radical (unpaired) electrons. The fourth-order valence-corrected chi connectivity index (χ4v) is 2.65. The van der Waals surface area contributed by atoms with E-state index in [9.17, 15) is 0 Å². The van der Waals surface area contributed by atoms with Gasteiger partial charge in [0.05, 0.1) is 0 Å². The summed E-state index contributed by atoms with van der Waals surface area (Å²) in [4.78, 5) is 0. The van der Waals surface area contributed by atoms with Crippen LogP contribution in [0.1, 0.15) is 59.8 Å². The molecule has 0 aromatic rings. The topological polar surface area (TPSA) is 12.0 Å². The first-order valence-electron chi connectivity index (χ1n) is 6.41. The summed E-state index contributed by atoms with van der Waals surface area (Å²) in [6.45, 7) is 9.33. The van der Waals surface area contributed by atoms with E-state index in [4.69, 9.17) is 0 Å². The molecule has 0 amide bonds. The third kappa shape index (κ3) is 3.27. The van der Waals surface area contributed by atoms with Crippen LogP contribution in [0.5, 0.6) is 0 Å². The lowest BCUT2D eigenvalue weighted by atomic mass is 9.77. The van der Waals surface area contributed by atoms with E-state index in [-0.39, 0.29) is 0 Å². The van der Waals surface area contributed by atoms with Crippen LogP contribution in [0.3, 0.4) is 0 Å². The van der Waals surface area contributed by atoms with E-state index >= 15 is 0 Å². The highest BCUT2D eigenvalue weighted by Crippen LogP contribution is 2.30. The highest BCUT2D eigenvalue weighted by Gasteiger charge is 2.27. The van der Waals surface area contributed by atoms with Crippen LogP contribution in [0.25, 0.3) is 0 Å². The zero-order chi connectivity index (χ0) is 10.6. The van der Waals surface area contributed by atoms with Crippen molar-refractivity contribution in [1.82, 2.24) is 5.32 Å². The Labute approximate surface area is 89.7 Å². The van der Waals surface area contributed by atoms with E-state index in [1.807, 2.05) is 0 Å². The lowest BCUT2D eigenvalue weighted by molar-refractivity contribution is 0.193. The maximum Gasteiger partial charge on any atom is 0.0100 e. The molecule has 1 saturated carbocycles. The first-order chi connectivity index (χ1) is 6.65. The van der Waals surface area contributed by atoms with E-state index in [1.54, 1.807) is 0 Å². The summed E-state index contributed by atoms with van der Waals surface area (Å²) in [6.07, 6.45) is 6.96. The van der Waals surface area contributed by atoms with E-state index in [0.29, 0.717) is 6.04 Å². The van der Waals surface area contributed by atoms with Gasteiger partial charge in [0.1, 0.15) is 0 Å². The molecule has 1 aliphatic carbocycles. The number of hydrogen-bond acceptors (Lipinski definition) is 1. The smallest absolute Gasteiger partial charge is 0.0100 e. The molecule has 3 unspecified atom stereocenters. The van der Waals surface area contributed by atoms with E-state index in [1.165, 1.54) is 32.1 Å². The molecular weight excluding hydrogens is 170 g/mol. The van der Waals surface area contributed by atoms with Gasteiger partial charge in [-0.3, -0.25) is 0 Å². The second-order valence-corrected chi connectivity index (χ2v) is 5.27. The van der Waals surface area contributed by atoms with Gasteiger partial charge in [-0.2, -0.15) is 0 Å². The van der Waals surface area contributed by atoms with E-state index < -0.39 is 0 Å². The summed E-state index contributed by atoms with van der Waals surface area (Å²) < 4.78 is 0. The van der Waals surface area contributed by atoms with Gasteiger partial charge in [0, 0.05) is 12.1 Å². The van der Waals surface area contributed by atoms with Crippen LogP contribution in [0.2, 0.25) is 0 Å². The maximum absolute atomic E-state index is 3.80. The maximum atomic E-state index is 3.80. The molecule has 0 spiro atoms. The Morgan fingerprint density at radius 3 is 2.36 bits per heavy atom. The predicted octanol–water partition coefficient (Wildman–Crippen LogP) is 3.59. The van der Waals surface area contributed by atoms with Gasteiger partial charge in [-0.1, -0.05) is 33.6 Å². The molecular formula is C13H27N. The number of hydrogen-bond donors (Lipinski definition) is 1. The summed E-state index contributed by atoms with van der Waals surface area (Å²) in [5.41, 5.74) is 0. The van der Waals surface area contributed by atoms with Crippen molar-refractivity contribution in [3.8, 4) is 0 Å². The van der Waals surface area contributed by atoms with Gasteiger partial charge in [0.15, 0.2) is 0 Å². The van der Waals surface area contributed by atoms with Crippen molar-refractivity contribution in [1.29, 1.82) is 0 Å². The molecule has 3 atom stereocenters. The zero-order valence-electron chi connectivity index (χ0n) is 10.3. The average molecular weight is 197 g/mol. The third-order valence-corrected chi connectivity index (χ3v) is 3.79.